The molecule has 0 aromatic heterocycles. The van der Waals surface area contributed by atoms with E-state index in [4.69, 9.17) is 4.74 Å². The number of carbonyl (C=O) groups is 2. The zero-order valence-electron chi connectivity index (χ0n) is 20.3. The van der Waals surface area contributed by atoms with Gasteiger partial charge in [0.2, 0.25) is 0 Å². The maximum Gasteiger partial charge on any atom is 0.407 e. The Morgan fingerprint density at radius 3 is 2.48 bits per heavy atom. The third-order valence-corrected chi connectivity index (χ3v) is 5.66. The number of amides is 2. The average Bonchev–Trinajstić information content (AvgIpc) is 2.77. The van der Waals surface area contributed by atoms with Gasteiger partial charge in [0.1, 0.15) is 5.60 Å². The molecule has 2 aromatic rings. The van der Waals surface area contributed by atoms with Gasteiger partial charge in [-0.05, 0) is 69.8 Å². The molecule has 2 amide bonds. The van der Waals surface area contributed by atoms with Gasteiger partial charge in [-0.15, -0.1) is 0 Å². The number of hydrogen-bond donors (Lipinski definition) is 1. The quantitative estimate of drug-likeness (QED) is 0.663. The van der Waals surface area contributed by atoms with Crippen molar-refractivity contribution in [1.82, 2.24) is 15.1 Å². The van der Waals surface area contributed by atoms with E-state index in [9.17, 15) is 9.59 Å². The number of ether oxygens (including phenoxy) is 1. The molecule has 0 bridgehead atoms. The van der Waals surface area contributed by atoms with E-state index in [1.165, 1.54) is 5.56 Å². The highest BCUT2D eigenvalue weighted by molar-refractivity contribution is 5.94. The maximum atomic E-state index is 13.2. The van der Waals surface area contributed by atoms with Gasteiger partial charge in [0.15, 0.2) is 0 Å². The van der Waals surface area contributed by atoms with Crippen LogP contribution in [0.2, 0.25) is 0 Å². The molecule has 1 saturated heterocycles. The van der Waals surface area contributed by atoms with Crippen LogP contribution in [0.15, 0.2) is 54.6 Å². The highest BCUT2D eigenvalue weighted by Crippen LogP contribution is 2.19. The lowest BCUT2D eigenvalue weighted by atomic mass is 9.97. The van der Waals surface area contributed by atoms with Crippen molar-refractivity contribution >= 4 is 12.0 Å². The summed E-state index contributed by atoms with van der Waals surface area (Å²) in [5.41, 5.74) is 2.60. The summed E-state index contributed by atoms with van der Waals surface area (Å²) >= 11 is 0. The lowest BCUT2D eigenvalue weighted by molar-refractivity contribution is 0.0502. The first-order chi connectivity index (χ1) is 15.7. The van der Waals surface area contributed by atoms with Crippen LogP contribution in [-0.2, 0) is 17.8 Å². The topological polar surface area (TPSA) is 61.9 Å². The molecule has 1 aliphatic rings. The minimum absolute atomic E-state index is 0.0598. The second-order valence-corrected chi connectivity index (χ2v) is 10.0. The van der Waals surface area contributed by atoms with Crippen LogP contribution in [0.3, 0.4) is 0 Å². The second-order valence-electron chi connectivity index (χ2n) is 10.0. The molecule has 1 heterocycles. The Hall–Kier alpha value is -2.86. The fraction of sp³-hybridized carbons (Fsp3) is 0.481. The summed E-state index contributed by atoms with van der Waals surface area (Å²) in [5, 5.41) is 2.85. The number of rotatable bonds is 7. The molecule has 0 radical (unpaired) electrons. The summed E-state index contributed by atoms with van der Waals surface area (Å²) in [6.45, 7) is 9.09. The molecule has 0 aliphatic carbocycles. The number of carbonyl (C=O) groups excluding carboxylic acids is 2. The van der Waals surface area contributed by atoms with Crippen LogP contribution in [0.4, 0.5) is 4.79 Å². The third kappa shape index (κ3) is 8.21. The van der Waals surface area contributed by atoms with Crippen LogP contribution in [0.5, 0.6) is 0 Å². The van der Waals surface area contributed by atoms with E-state index >= 15 is 0 Å². The minimum atomic E-state index is -0.515. The van der Waals surface area contributed by atoms with Gasteiger partial charge in [0.25, 0.3) is 5.91 Å². The van der Waals surface area contributed by atoms with Gasteiger partial charge in [-0.2, -0.15) is 0 Å². The number of nitrogens with zero attached hydrogens (tertiary/aromatic N) is 2. The van der Waals surface area contributed by atoms with Crippen molar-refractivity contribution in [3.63, 3.8) is 0 Å². The third-order valence-electron chi connectivity index (χ3n) is 5.66. The number of likely N-dealkylation sites (tertiary alicyclic amines) is 1. The first kappa shape index (κ1) is 24.8. The normalized spacial score (nSPS) is 16.5. The number of piperidine rings is 1. The van der Waals surface area contributed by atoms with Crippen molar-refractivity contribution in [3.8, 4) is 0 Å². The summed E-state index contributed by atoms with van der Waals surface area (Å²) in [6, 6.07) is 18.3. The summed E-state index contributed by atoms with van der Waals surface area (Å²) in [7, 11) is 2.09. The standard InChI is InChI=1S/C27H37N3O3/c1-27(2,3)33-26(32)28-17-23-13-9-15-30(20-23)25(31)24-14-8-12-22(16-24)19-29(4)18-21-10-6-5-7-11-21/h5-8,10-12,14,16,23H,9,13,15,17-20H2,1-4H3,(H,28,32). The van der Waals surface area contributed by atoms with Crippen LogP contribution in [0.25, 0.3) is 0 Å². The fourth-order valence-corrected chi connectivity index (χ4v) is 4.21. The lowest BCUT2D eigenvalue weighted by Gasteiger charge is -2.33. The van der Waals surface area contributed by atoms with Gasteiger partial charge in [0.05, 0.1) is 0 Å². The number of hydrogen-bond acceptors (Lipinski definition) is 4. The average molecular weight is 452 g/mol. The molecule has 1 atom stereocenters. The maximum absolute atomic E-state index is 13.2. The highest BCUT2D eigenvalue weighted by atomic mass is 16.6. The molecule has 0 spiro atoms. The Morgan fingerprint density at radius 1 is 1.06 bits per heavy atom. The Balaban J connectivity index is 1.54. The summed E-state index contributed by atoms with van der Waals surface area (Å²) in [4.78, 5) is 29.3. The Labute approximate surface area is 197 Å². The number of benzene rings is 2. The zero-order valence-corrected chi connectivity index (χ0v) is 20.3. The molecule has 6 nitrogen and oxygen atoms in total. The smallest absolute Gasteiger partial charge is 0.407 e. The molecular weight excluding hydrogens is 414 g/mol. The predicted molar refractivity (Wildman–Crippen MR) is 131 cm³/mol. The van der Waals surface area contributed by atoms with Crippen molar-refractivity contribution in [1.29, 1.82) is 0 Å². The first-order valence-corrected chi connectivity index (χ1v) is 11.8. The summed E-state index contributed by atoms with van der Waals surface area (Å²) < 4.78 is 5.32. The number of nitrogens with one attached hydrogen (secondary N) is 1. The van der Waals surface area contributed by atoms with Crippen LogP contribution in [-0.4, -0.2) is 54.1 Å². The van der Waals surface area contributed by atoms with E-state index in [0.29, 0.717) is 13.1 Å². The van der Waals surface area contributed by atoms with Crippen molar-refractivity contribution in [2.45, 2.75) is 52.3 Å². The Kier molecular flexibility index (Phi) is 8.50. The molecule has 1 aliphatic heterocycles. The highest BCUT2D eigenvalue weighted by Gasteiger charge is 2.25. The molecule has 1 unspecified atom stereocenters. The van der Waals surface area contributed by atoms with E-state index in [2.05, 4.69) is 47.6 Å². The van der Waals surface area contributed by atoms with Gasteiger partial charge in [0, 0.05) is 38.3 Å². The van der Waals surface area contributed by atoms with Crippen LogP contribution in [0, 0.1) is 5.92 Å². The fourth-order valence-electron chi connectivity index (χ4n) is 4.21. The van der Waals surface area contributed by atoms with Crippen LogP contribution >= 0.6 is 0 Å². The van der Waals surface area contributed by atoms with Crippen molar-refractivity contribution in [3.05, 3.63) is 71.3 Å². The van der Waals surface area contributed by atoms with Gasteiger partial charge in [-0.1, -0.05) is 42.5 Å². The first-order valence-electron chi connectivity index (χ1n) is 11.8. The molecule has 6 heteroatoms. The van der Waals surface area contributed by atoms with E-state index in [1.807, 2.05) is 49.9 Å². The minimum Gasteiger partial charge on any atom is -0.444 e. The van der Waals surface area contributed by atoms with E-state index in [1.54, 1.807) is 0 Å². The van der Waals surface area contributed by atoms with Gasteiger partial charge in [-0.25, -0.2) is 4.79 Å². The van der Waals surface area contributed by atoms with Crippen molar-refractivity contribution in [2.75, 3.05) is 26.7 Å². The summed E-state index contributed by atoms with van der Waals surface area (Å²) in [5.74, 6) is 0.292. The second kappa shape index (κ2) is 11.3. The molecule has 178 valence electrons. The largest absolute Gasteiger partial charge is 0.444 e. The number of alkyl carbamates (subject to hydrolysis) is 1. The van der Waals surface area contributed by atoms with Crippen LogP contribution in [0.1, 0.15) is 55.1 Å². The lowest BCUT2D eigenvalue weighted by Crippen LogP contribution is -2.44. The van der Waals surface area contributed by atoms with Gasteiger partial charge < -0.3 is 15.0 Å². The van der Waals surface area contributed by atoms with E-state index < -0.39 is 11.7 Å². The molecule has 0 saturated carbocycles. The molecule has 33 heavy (non-hydrogen) atoms. The Bertz CT molecular complexity index is 924. The molecule has 3 rings (SSSR count). The van der Waals surface area contributed by atoms with Crippen molar-refractivity contribution < 1.29 is 14.3 Å². The van der Waals surface area contributed by atoms with Crippen molar-refractivity contribution in [2.24, 2.45) is 5.92 Å². The molecule has 1 fully saturated rings. The van der Waals surface area contributed by atoms with Crippen LogP contribution < -0.4 is 5.32 Å². The predicted octanol–water partition coefficient (Wildman–Crippen LogP) is 4.70. The van der Waals surface area contributed by atoms with Gasteiger partial charge >= 0.3 is 6.09 Å². The van der Waals surface area contributed by atoms with E-state index in [-0.39, 0.29) is 11.8 Å². The monoisotopic (exact) mass is 451 g/mol. The Morgan fingerprint density at radius 2 is 1.76 bits per heavy atom. The molecule has 1 N–H and O–H groups in total. The molecular formula is C27H37N3O3. The molecule has 2 aromatic carbocycles. The summed E-state index contributed by atoms with van der Waals surface area (Å²) in [6.07, 6.45) is 1.52. The SMILES string of the molecule is CN(Cc1ccccc1)Cc1cccc(C(=O)N2CCCC(CNC(=O)OC(C)(C)C)C2)c1. The van der Waals surface area contributed by atoms with Gasteiger partial charge in [-0.3, -0.25) is 9.69 Å². The van der Waals surface area contributed by atoms with E-state index in [0.717, 1.165) is 43.6 Å². The zero-order chi connectivity index (χ0) is 23.8.